The Balaban J connectivity index is 1.66. The second-order valence-electron chi connectivity index (χ2n) is 7.50. The van der Waals surface area contributed by atoms with E-state index in [9.17, 15) is 9.59 Å². The maximum absolute atomic E-state index is 12.9. The molecule has 0 aliphatic rings. The molecule has 0 aliphatic heterocycles. The van der Waals surface area contributed by atoms with Crippen molar-refractivity contribution in [2.45, 2.75) is 13.0 Å². The number of hydrogen-bond donors (Lipinski definition) is 2. The van der Waals surface area contributed by atoms with Crippen LogP contribution in [0.3, 0.4) is 0 Å². The van der Waals surface area contributed by atoms with Gasteiger partial charge in [-0.15, -0.1) is 0 Å². The van der Waals surface area contributed by atoms with Gasteiger partial charge in [0.25, 0.3) is 5.91 Å². The lowest BCUT2D eigenvalue weighted by atomic mass is 9.96. The Morgan fingerprint density at radius 3 is 2.42 bits per heavy atom. The molecular formula is C25H24N4O2. The molecule has 1 heterocycles. The minimum absolute atomic E-state index is 0.188. The Morgan fingerprint density at radius 2 is 1.74 bits per heavy atom. The highest BCUT2D eigenvalue weighted by Crippen LogP contribution is 2.31. The van der Waals surface area contributed by atoms with E-state index in [1.165, 1.54) is 4.90 Å². The summed E-state index contributed by atoms with van der Waals surface area (Å²) < 4.78 is 0. The van der Waals surface area contributed by atoms with Gasteiger partial charge in [-0.1, -0.05) is 48.5 Å². The molecule has 1 atom stereocenters. The van der Waals surface area contributed by atoms with Crippen LogP contribution in [0.1, 0.15) is 17.3 Å². The Kier molecular flexibility index (Phi) is 5.54. The van der Waals surface area contributed by atoms with Crippen molar-refractivity contribution in [3.63, 3.8) is 0 Å². The largest absolute Gasteiger partial charge is 0.357 e. The fourth-order valence-corrected chi connectivity index (χ4v) is 3.68. The van der Waals surface area contributed by atoms with Crippen LogP contribution in [0.4, 0.5) is 0 Å². The standard InChI is InChI=1S/C25H24N4O2/c1-16(24(30)26-2)29(3)25(31)20-11-12-22-19(15-20)5-4-6-21(22)17-7-9-18(10-8-17)23-13-14-27-28-23/h4-16H,1-3H3,(H,26,30)(H,27,28). The van der Waals surface area contributed by atoms with E-state index >= 15 is 0 Å². The number of benzene rings is 3. The highest BCUT2D eigenvalue weighted by atomic mass is 16.2. The average molecular weight is 412 g/mol. The lowest BCUT2D eigenvalue weighted by Crippen LogP contribution is -2.44. The van der Waals surface area contributed by atoms with Gasteiger partial charge < -0.3 is 10.2 Å². The molecule has 4 rings (SSSR count). The van der Waals surface area contributed by atoms with Gasteiger partial charge in [0.15, 0.2) is 0 Å². The number of hydrogen-bond acceptors (Lipinski definition) is 3. The summed E-state index contributed by atoms with van der Waals surface area (Å²) in [5.41, 5.74) is 4.79. The molecule has 0 fully saturated rings. The van der Waals surface area contributed by atoms with Crippen molar-refractivity contribution in [2.75, 3.05) is 14.1 Å². The highest BCUT2D eigenvalue weighted by molar-refractivity contribution is 6.03. The number of amides is 2. The molecule has 2 amide bonds. The van der Waals surface area contributed by atoms with E-state index in [-0.39, 0.29) is 11.8 Å². The third-order valence-corrected chi connectivity index (χ3v) is 5.66. The number of likely N-dealkylation sites (N-methyl/N-ethyl adjacent to an activating group) is 2. The summed E-state index contributed by atoms with van der Waals surface area (Å²) in [6, 6.07) is 21.4. The van der Waals surface area contributed by atoms with E-state index in [0.29, 0.717) is 5.56 Å². The van der Waals surface area contributed by atoms with E-state index in [1.54, 1.807) is 27.2 Å². The number of rotatable bonds is 5. The SMILES string of the molecule is CNC(=O)C(C)N(C)C(=O)c1ccc2c(-c3ccc(-c4ccn[nH]4)cc3)cccc2c1. The van der Waals surface area contributed by atoms with E-state index < -0.39 is 6.04 Å². The molecule has 4 aromatic rings. The minimum Gasteiger partial charge on any atom is -0.357 e. The smallest absolute Gasteiger partial charge is 0.254 e. The van der Waals surface area contributed by atoms with E-state index in [0.717, 1.165) is 33.2 Å². The Morgan fingerprint density at radius 1 is 1.00 bits per heavy atom. The third-order valence-electron chi connectivity index (χ3n) is 5.66. The van der Waals surface area contributed by atoms with Gasteiger partial charge in [0.1, 0.15) is 6.04 Å². The topological polar surface area (TPSA) is 78.1 Å². The van der Waals surface area contributed by atoms with Crippen molar-refractivity contribution in [1.82, 2.24) is 20.4 Å². The Labute approximate surface area is 180 Å². The molecule has 0 radical (unpaired) electrons. The number of carbonyl (C=O) groups excluding carboxylic acids is 2. The number of aromatic nitrogens is 2. The molecule has 156 valence electrons. The van der Waals surface area contributed by atoms with Crippen molar-refractivity contribution >= 4 is 22.6 Å². The number of nitrogens with zero attached hydrogens (tertiary/aromatic N) is 2. The van der Waals surface area contributed by atoms with Crippen LogP contribution in [0.5, 0.6) is 0 Å². The zero-order chi connectivity index (χ0) is 22.0. The van der Waals surface area contributed by atoms with Crippen LogP contribution in [-0.4, -0.2) is 47.0 Å². The van der Waals surface area contributed by atoms with Crippen LogP contribution >= 0.6 is 0 Å². The first-order valence-corrected chi connectivity index (χ1v) is 10.1. The fourth-order valence-electron chi connectivity index (χ4n) is 3.68. The molecule has 0 saturated heterocycles. The van der Waals surface area contributed by atoms with Crippen LogP contribution in [0.15, 0.2) is 72.9 Å². The predicted molar refractivity (Wildman–Crippen MR) is 123 cm³/mol. The van der Waals surface area contributed by atoms with Gasteiger partial charge in [-0.2, -0.15) is 5.10 Å². The molecule has 31 heavy (non-hydrogen) atoms. The summed E-state index contributed by atoms with van der Waals surface area (Å²) >= 11 is 0. The molecule has 0 saturated carbocycles. The van der Waals surface area contributed by atoms with Gasteiger partial charge >= 0.3 is 0 Å². The van der Waals surface area contributed by atoms with Crippen molar-refractivity contribution in [3.8, 4) is 22.4 Å². The van der Waals surface area contributed by atoms with Crippen LogP contribution in [0, 0.1) is 0 Å². The first-order chi connectivity index (χ1) is 15.0. The second kappa shape index (κ2) is 8.44. The van der Waals surface area contributed by atoms with Gasteiger partial charge in [0.05, 0.1) is 5.69 Å². The van der Waals surface area contributed by atoms with Crippen LogP contribution in [-0.2, 0) is 4.79 Å². The van der Waals surface area contributed by atoms with E-state index in [2.05, 4.69) is 45.8 Å². The molecule has 2 N–H and O–H groups in total. The summed E-state index contributed by atoms with van der Waals surface area (Å²) in [6.45, 7) is 1.71. The first kappa shape index (κ1) is 20.3. The van der Waals surface area contributed by atoms with Crippen molar-refractivity contribution in [3.05, 3.63) is 78.5 Å². The maximum atomic E-state index is 12.9. The number of fused-ring (bicyclic) bond motifs is 1. The van der Waals surface area contributed by atoms with E-state index in [4.69, 9.17) is 0 Å². The van der Waals surface area contributed by atoms with Gasteiger partial charge in [-0.05, 0) is 52.6 Å². The first-order valence-electron chi connectivity index (χ1n) is 10.1. The number of carbonyl (C=O) groups is 2. The molecule has 1 aromatic heterocycles. The molecule has 6 nitrogen and oxygen atoms in total. The maximum Gasteiger partial charge on any atom is 0.254 e. The van der Waals surface area contributed by atoms with Gasteiger partial charge in [-0.25, -0.2) is 0 Å². The van der Waals surface area contributed by atoms with Gasteiger partial charge in [-0.3, -0.25) is 14.7 Å². The normalized spacial score (nSPS) is 11.8. The molecular weight excluding hydrogens is 388 g/mol. The number of nitrogens with one attached hydrogen (secondary N) is 2. The Hall–Kier alpha value is -3.93. The summed E-state index contributed by atoms with van der Waals surface area (Å²) in [5, 5.41) is 11.6. The molecule has 0 aliphatic carbocycles. The summed E-state index contributed by atoms with van der Waals surface area (Å²) in [5.74, 6) is -0.384. The lowest BCUT2D eigenvalue weighted by molar-refractivity contribution is -0.124. The fraction of sp³-hybridized carbons (Fsp3) is 0.160. The van der Waals surface area contributed by atoms with Gasteiger partial charge in [0, 0.05) is 25.9 Å². The van der Waals surface area contributed by atoms with E-state index in [1.807, 2.05) is 36.4 Å². The summed E-state index contributed by atoms with van der Waals surface area (Å²) in [4.78, 5) is 26.2. The van der Waals surface area contributed by atoms with Crippen molar-refractivity contribution < 1.29 is 9.59 Å². The zero-order valence-electron chi connectivity index (χ0n) is 17.7. The van der Waals surface area contributed by atoms with Crippen LogP contribution in [0.2, 0.25) is 0 Å². The number of aromatic amines is 1. The second-order valence-corrected chi connectivity index (χ2v) is 7.50. The summed E-state index contributed by atoms with van der Waals surface area (Å²) in [6.07, 6.45) is 1.74. The van der Waals surface area contributed by atoms with Crippen LogP contribution in [0.25, 0.3) is 33.2 Å². The predicted octanol–water partition coefficient (Wildman–Crippen LogP) is 4.10. The average Bonchev–Trinajstić information content (AvgIpc) is 3.36. The monoisotopic (exact) mass is 412 g/mol. The lowest BCUT2D eigenvalue weighted by Gasteiger charge is -2.23. The van der Waals surface area contributed by atoms with Gasteiger partial charge in [0.2, 0.25) is 5.91 Å². The molecule has 6 heteroatoms. The quantitative estimate of drug-likeness (QED) is 0.518. The third kappa shape index (κ3) is 3.92. The minimum atomic E-state index is -0.548. The Bertz CT molecular complexity index is 1230. The summed E-state index contributed by atoms with van der Waals surface area (Å²) in [7, 11) is 3.21. The van der Waals surface area contributed by atoms with Crippen LogP contribution < -0.4 is 5.32 Å². The molecule has 0 spiro atoms. The van der Waals surface area contributed by atoms with Crippen molar-refractivity contribution in [1.29, 1.82) is 0 Å². The molecule has 0 bridgehead atoms. The highest BCUT2D eigenvalue weighted by Gasteiger charge is 2.22. The van der Waals surface area contributed by atoms with Crippen molar-refractivity contribution in [2.24, 2.45) is 0 Å². The zero-order valence-corrected chi connectivity index (χ0v) is 17.7. The molecule has 1 unspecified atom stereocenters. The number of H-pyrrole nitrogens is 1. The molecule has 3 aromatic carbocycles.